The quantitative estimate of drug-likeness (QED) is 0.344. The highest BCUT2D eigenvalue weighted by molar-refractivity contribution is 7.17. The Morgan fingerprint density at radius 1 is 1.04 bits per heavy atom. The van der Waals surface area contributed by atoms with Crippen LogP contribution in [0.5, 0.6) is 0 Å². The summed E-state index contributed by atoms with van der Waals surface area (Å²) in [4.78, 5) is 0. The van der Waals surface area contributed by atoms with Crippen molar-refractivity contribution in [2.45, 2.75) is 12.6 Å². The predicted molar refractivity (Wildman–Crippen MR) is 106 cm³/mol. The van der Waals surface area contributed by atoms with Crippen molar-refractivity contribution in [3.63, 3.8) is 0 Å². The molecular formula is C20H14Cl2N2S. The van der Waals surface area contributed by atoms with Crippen LogP contribution in [0.4, 0.5) is 0 Å². The molecule has 1 aliphatic heterocycles. The number of benzene rings is 2. The Labute approximate surface area is 159 Å². The van der Waals surface area contributed by atoms with E-state index in [9.17, 15) is 0 Å². The number of hydrogen-bond acceptors (Lipinski definition) is 2. The van der Waals surface area contributed by atoms with Crippen molar-refractivity contribution in [3.8, 4) is 5.69 Å². The summed E-state index contributed by atoms with van der Waals surface area (Å²) in [6.45, 7) is 0.680. The molecule has 0 spiro atoms. The minimum Gasteiger partial charge on any atom is -0.319 e. The molecule has 0 bridgehead atoms. The summed E-state index contributed by atoms with van der Waals surface area (Å²) in [5, 5.41) is 3.88. The first-order chi connectivity index (χ1) is 12.2. The number of nitrogens with zero attached hydrogens (tertiary/aromatic N) is 2. The van der Waals surface area contributed by atoms with Gasteiger partial charge in [0.05, 0.1) is 11.1 Å². The summed E-state index contributed by atoms with van der Waals surface area (Å²) in [5.41, 5.74) is 4.71. The summed E-state index contributed by atoms with van der Waals surface area (Å²) >= 11 is 14.8. The van der Waals surface area contributed by atoms with Crippen molar-refractivity contribution in [1.29, 1.82) is 0 Å². The Kier molecular flexibility index (Phi) is 3.64. The molecule has 5 rings (SSSR count). The van der Waals surface area contributed by atoms with E-state index in [4.69, 9.17) is 23.4 Å². The van der Waals surface area contributed by atoms with Gasteiger partial charge in [0, 0.05) is 39.6 Å². The van der Waals surface area contributed by atoms with Crippen LogP contribution in [0, 0.1) is 0 Å². The molecule has 25 heavy (non-hydrogen) atoms. The first kappa shape index (κ1) is 15.5. The van der Waals surface area contributed by atoms with Crippen LogP contribution in [-0.2, 0) is 6.54 Å². The van der Waals surface area contributed by atoms with Gasteiger partial charge in [-0.1, -0.05) is 35.9 Å². The lowest BCUT2D eigenvalue weighted by atomic mass is 10.0. The van der Waals surface area contributed by atoms with Gasteiger partial charge >= 0.3 is 0 Å². The van der Waals surface area contributed by atoms with E-state index in [1.54, 1.807) is 11.3 Å². The van der Waals surface area contributed by atoms with E-state index in [0.717, 1.165) is 21.7 Å². The average molecular weight is 385 g/mol. The van der Waals surface area contributed by atoms with Gasteiger partial charge in [-0.15, -0.1) is 11.3 Å². The minimum atomic E-state index is -0.0376. The van der Waals surface area contributed by atoms with Crippen LogP contribution in [0.15, 0.2) is 66.2 Å². The van der Waals surface area contributed by atoms with Crippen LogP contribution in [0.3, 0.4) is 0 Å². The smallest absolute Gasteiger partial charge is 0.0910 e. The van der Waals surface area contributed by atoms with Crippen LogP contribution in [0.2, 0.25) is 5.02 Å². The van der Waals surface area contributed by atoms with Gasteiger partial charge in [0.1, 0.15) is 0 Å². The molecule has 0 saturated carbocycles. The van der Waals surface area contributed by atoms with Crippen LogP contribution < -0.4 is 0 Å². The summed E-state index contributed by atoms with van der Waals surface area (Å²) in [6, 6.07) is 19.0. The van der Waals surface area contributed by atoms with E-state index in [-0.39, 0.29) is 6.04 Å². The highest BCUT2D eigenvalue weighted by Crippen LogP contribution is 2.40. The van der Waals surface area contributed by atoms with E-state index >= 15 is 0 Å². The van der Waals surface area contributed by atoms with Crippen molar-refractivity contribution in [1.82, 2.24) is 8.99 Å². The van der Waals surface area contributed by atoms with Gasteiger partial charge in [-0.25, -0.2) is 4.42 Å². The molecule has 2 aromatic carbocycles. The van der Waals surface area contributed by atoms with Gasteiger partial charge in [0.15, 0.2) is 0 Å². The van der Waals surface area contributed by atoms with Gasteiger partial charge in [-0.2, -0.15) is 0 Å². The Hall–Kier alpha value is -1.78. The zero-order valence-electron chi connectivity index (χ0n) is 13.2. The third-order valence-corrected chi connectivity index (χ3v) is 6.50. The fraction of sp³-hybridized carbons (Fsp3) is 0.100. The molecule has 0 radical (unpaired) electrons. The summed E-state index contributed by atoms with van der Waals surface area (Å²) in [5.74, 6) is 0. The molecule has 5 heteroatoms. The molecule has 0 saturated heterocycles. The minimum absolute atomic E-state index is 0.0376. The lowest BCUT2D eigenvalue weighted by Crippen LogP contribution is -2.19. The first-order valence-electron chi connectivity index (χ1n) is 8.07. The molecule has 4 aromatic rings. The van der Waals surface area contributed by atoms with E-state index in [2.05, 4.69) is 65.4 Å². The molecule has 0 fully saturated rings. The van der Waals surface area contributed by atoms with E-state index in [1.807, 2.05) is 9.80 Å². The second kappa shape index (κ2) is 5.89. The summed E-state index contributed by atoms with van der Waals surface area (Å²) in [6.07, 6.45) is 2.10. The van der Waals surface area contributed by atoms with Crippen molar-refractivity contribution in [2.24, 2.45) is 0 Å². The van der Waals surface area contributed by atoms with Crippen molar-refractivity contribution >= 4 is 44.8 Å². The fourth-order valence-corrected chi connectivity index (χ4v) is 5.12. The van der Waals surface area contributed by atoms with Gasteiger partial charge in [0.25, 0.3) is 0 Å². The monoisotopic (exact) mass is 384 g/mol. The normalized spacial score (nSPS) is 17.3. The van der Waals surface area contributed by atoms with E-state index in [1.165, 1.54) is 16.0 Å². The van der Waals surface area contributed by atoms with Crippen LogP contribution in [-0.4, -0.2) is 8.99 Å². The van der Waals surface area contributed by atoms with E-state index in [0.29, 0.717) is 6.54 Å². The number of hydrogen-bond donors (Lipinski definition) is 0. The largest absolute Gasteiger partial charge is 0.319 e. The lowest BCUT2D eigenvalue weighted by molar-refractivity contribution is 0.383. The molecular weight excluding hydrogens is 371 g/mol. The maximum Gasteiger partial charge on any atom is 0.0910 e. The number of aromatic nitrogens is 1. The topological polar surface area (TPSA) is 8.17 Å². The molecule has 2 aromatic heterocycles. The van der Waals surface area contributed by atoms with Crippen LogP contribution in [0.25, 0.3) is 15.8 Å². The Bertz CT molecular complexity index is 1080. The molecule has 124 valence electrons. The molecule has 0 amide bonds. The predicted octanol–water partition coefficient (Wildman–Crippen LogP) is 6.40. The Morgan fingerprint density at radius 3 is 2.84 bits per heavy atom. The van der Waals surface area contributed by atoms with Crippen LogP contribution in [0.1, 0.15) is 22.9 Å². The molecule has 1 aliphatic rings. The van der Waals surface area contributed by atoms with Crippen LogP contribution >= 0.6 is 34.7 Å². The highest BCUT2D eigenvalue weighted by Gasteiger charge is 2.29. The van der Waals surface area contributed by atoms with Gasteiger partial charge in [0.2, 0.25) is 0 Å². The molecule has 1 atom stereocenters. The molecule has 0 aliphatic carbocycles. The van der Waals surface area contributed by atoms with Crippen molar-refractivity contribution in [2.75, 3.05) is 0 Å². The second-order valence-electron chi connectivity index (χ2n) is 6.23. The van der Waals surface area contributed by atoms with Gasteiger partial charge in [-0.3, -0.25) is 0 Å². The standard InChI is InChI=1S/C20H14Cl2N2S/c21-16-12-25-19-8-7-13(10-15(16)19)20-18-6-3-9-23(18)17-5-2-1-4-14(17)11-24(20)22/h1-10,12,20H,11H2. The zero-order valence-corrected chi connectivity index (χ0v) is 15.5. The number of rotatable bonds is 1. The third kappa shape index (κ3) is 2.42. The third-order valence-electron chi connectivity index (χ3n) is 4.78. The SMILES string of the molecule is Clc1csc2ccc(C3c4cccn4-c4ccccc4CN3Cl)cc12. The lowest BCUT2D eigenvalue weighted by Gasteiger charge is -2.24. The maximum absolute atomic E-state index is 6.79. The second-order valence-corrected chi connectivity index (χ2v) is 7.98. The van der Waals surface area contributed by atoms with Crippen molar-refractivity contribution < 1.29 is 0 Å². The average Bonchev–Trinajstić information content (AvgIpc) is 3.21. The highest BCUT2D eigenvalue weighted by atomic mass is 35.5. The van der Waals surface area contributed by atoms with E-state index < -0.39 is 0 Å². The zero-order chi connectivity index (χ0) is 17.0. The summed E-state index contributed by atoms with van der Waals surface area (Å²) in [7, 11) is 0. The molecule has 2 nitrogen and oxygen atoms in total. The molecule has 0 N–H and O–H groups in total. The molecule has 1 unspecified atom stereocenters. The number of fused-ring (bicyclic) bond motifs is 4. The number of para-hydroxylation sites is 1. The summed E-state index contributed by atoms with van der Waals surface area (Å²) < 4.78 is 5.32. The maximum atomic E-state index is 6.79. The Balaban J connectivity index is 1.72. The Morgan fingerprint density at radius 2 is 1.92 bits per heavy atom. The molecule has 3 heterocycles. The number of halogens is 2. The fourth-order valence-electron chi connectivity index (χ4n) is 3.63. The van der Waals surface area contributed by atoms with Gasteiger partial charge < -0.3 is 4.57 Å². The number of thiophene rings is 1. The van der Waals surface area contributed by atoms with Gasteiger partial charge in [-0.05, 0) is 53.2 Å². The first-order valence-corrected chi connectivity index (χ1v) is 9.66. The van der Waals surface area contributed by atoms with Crippen molar-refractivity contribution in [3.05, 3.63) is 88.0 Å².